The second-order valence-electron chi connectivity index (χ2n) is 2.97. The second-order valence-corrected chi connectivity index (χ2v) is 7.37. The molecule has 1 aromatic heterocycles. The number of carbonyl (C=O) groups is 1. The third-order valence-corrected chi connectivity index (χ3v) is 5.04. The van der Waals surface area contributed by atoms with E-state index in [0.717, 1.165) is 19.3 Å². The van der Waals surface area contributed by atoms with E-state index in [1.165, 1.54) is 11.3 Å². The molecule has 1 amide bonds. The van der Waals surface area contributed by atoms with Crippen molar-refractivity contribution >= 4 is 65.0 Å². The molecule has 0 radical (unpaired) electrons. The van der Waals surface area contributed by atoms with Crippen LogP contribution in [0.25, 0.3) is 0 Å². The van der Waals surface area contributed by atoms with Gasteiger partial charge in [-0.2, -0.15) is 0 Å². The van der Waals surface area contributed by atoms with Crippen LogP contribution in [0, 0.1) is 0 Å². The molecule has 1 N–H and O–H groups in total. The molecule has 1 rings (SSSR count). The molecule has 0 aromatic carbocycles. The fourth-order valence-electron chi connectivity index (χ4n) is 1.01. The Morgan fingerprint density at radius 3 is 2.67 bits per heavy atom. The molecule has 0 saturated heterocycles. The van der Waals surface area contributed by atoms with Crippen LogP contribution in [0.4, 0.5) is 0 Å². The average molecular weight is 420 g/mol. The van der Waals surface area contributed by atoms with Crippen molar-refractivity contribution in [2.45, 2.75) is 19.4 Å². The van der Waals surface area contributed by atoms with Crippen molar-refractivity contribution in [2.75, 3.05) is 5.33 Å². The summed E-state index contributed by atoms with van der Waals surface area (Å²) in [7, 11) is 0. The summed E-state index contributed by atoms with van der Waals surface area (Å²) in [4.78, 5) is 11.8. The van der Waals surface area contributed by atoms with Crippen LogP contribution >= 0.6 is 59.1 Å². The van der Waals surface area contributed by atoms with E-state index in [1.54, 1.807) is 0 Å². The van der Waals surface area contributed by atoms with Gasteiger partial charge in [0.25, 0.3) is 5.91 Å². The van der Waals surface area contributed by atoms with E-state index < -0.39 is 0 Å². The van der Waals surface area contributed by atoms with Gasteiger partial charge in [0, 0.05) is 11.4 Å². The van der Waals surface area contributed by atoms with Gasteiger partial charge in [-0.05, 0) is 44.3 Å². The molecule has 1 atom stereocenters. The lowest BCUT2D eigenvalue weighted by Gasteiger charge is -2.13. The lowest BCUT2D eigenvalue weighted by Crippen LogP contribution is -2.35. The number of rotatable bonds is 4. The fraction of sp³-hybridized carbons (Fsp3) is 0.444. The number of thiophene rings is 1. The molecule has 1 aromatic rings. The molecule has 6 heteroatoms. The summed E-state index contributed by atoms with van der Waals surface area (Å²) in [6, 6.07) is 2.01. The maximum Gasteiger partial charge on any atom is 0.253 e. The molecule has 0 aliphatic rings. The molecule has 0 bridgehead atoms. The molecule has 15 heavy (non-hydrogen) atoms. The third-order valence-electron chi connectivity index (χ3n) is 1.92. The first-order chi connectivity index (χ1) is 7.08. The maximum atomic E-state index is 11.8. The van der Waals surface area contributed by atoms with Gasteiger partial charge in [0.05, 0.1) is 13.1 Å². The zero-order chi connectivity index (χ0) is 11.4. The zero-order valence-electron chi connectivity index (χ0n) is 8.02. The van der Waals surface area contributed by atoms with Crippen LogP contribution in [0.1, 0.15) is 23.7 Å². The van der Waals surface area contributed by atoms with Gasteiger partial charge in [0.15, 0.2) is 0 Å². The first-order valence-electron chi connectivity index (χ1n) is 4.40. The summed E-state index contributed by atoms with van der Waals surface area (Å²) in [5, 5.41) is 3.73. The van der Waals surface area contributed by atoms with Gasteiger partial charge >= 0.3 is 0 Å². The van der Waals surface area contributed by atoms with Gasteiger partial charge in [-0.25, -0.2) is 0 Å². The molecule has 0 aliphatic carbocycles. The number of hydrogen-bond donors (Lipinski definition) is 1. The van der Waals surface area contributed by atoms with Crippen molar-refractivity contribution in [3.05, 3.63) is 19.2 Å². The fourth-order valence-corrected chi connectivity index (χ4v) is 4.42. The monoisotopic (exact) mass is 417 g/mol. The first kappa shape index (κ1) is 13.7. The Morgan fingerprint density at radius 2 is 2.27 bits per heavy atom. The normalized spacial score (nSPS) is 12.5. The molecule has 2 nitrogen and oxygen atoms in total. The van der Waals surface area contributed by atoms with Crippen molar-refractivity contribution in [3.8, 4) is 0 Å². The molecular weight excluding hydrogens is 410 g/mol. The Balaban J connectivity index is 2.72. The van der Waals surface area contributed by atoms with Gasteiger partial charge in [0.2, 0.25) is 0 Å². The summed E-state index contributed by atoms with van der Waals surface area (Å²) >= 11 is 11.6. The molecule has 1 unspecified atom stereocenters. The highest BCUT2D eigenvalue weighted by Crippen LogP contribution is 2.31. The second kappa shape index (κ2) is 6.37. The number of hydrogen-bond acceptors (Lipinski definition) is 2. The Bertz CT molecular complexity index is 349. The van der Waals surface area contributed by atoms with Crippen LogP contribution in [0.5, 0.6) is 0 Å². The summed E-state index contributed by atoms with van der Waals surface area (Å²) in [5.41, 5.74) is 0.686. The minimum absolute atomic E-state index is 0.0323. The third kappa shape index (κ3) is 3.84. The number of halogens is 3. The van der Waals surface area contributed by atoms with Gasteiger partial charge in [-0.1, -0.05) is 22.9 Å². The predicted octanol–water partition coefficient (Wildman–Crippen LogP) is 4.18. The van der Waals surface area contributed by atoms with Gasteiger partial charge in [-0.15, -0.1) is 11.3 Å². The topological polar surface area (TPSA) is 29.1 Å². The summed E-state index contributed by atoms with van der Waals surface area (Å²) in [5.74, 6) is -0.0323. The van der Waals surface area contributed by atoms with Crippen LogP contribution in [-0.4, -0.2) is 17.3 Å². The molecule has 0 aliphatic heterocycles. The minimum atomic E-state index is -0.0323. The van der Waals surface area contributed by atoms with Crippen molar-refractivity contribution in [1.82, 2.24) is 5.32 Å². The van der Waals surface area contributed by atoms with Crippen LogP contribution in [0.15, 0.2) is 13.6 Å². The van der Waals surface area contributed by atoms with E-state index in [0.29, 0.717) is 5.56 Å². The number of nitrogens with one attached hydrogen (secondary N) is 1. The quantitative estimate of drug-likeness (QED) is 0.729. The Kier molecular flexibility index (Phi) is 5.81. The van der Waals surface area contributed by atoms with E-state index in [9.17, 15) is 4.79 Å². The maximum absolute atomic E-state index is 11.8. The molecule has 0 fully saturated rings. The van der Waals surface area contributed by atoms with Crippen LogP contribution < -0.4 is 5.32 Å². The number of amides is 1. The van der Waals surface area contributed by atoms with Crippen molar-refractivity contribution < 1.29 is 4.79 Å². The Hall–Kier alpha value is 0.610. The van der Waals surface area contributed by atoms with E-state index in [1.807, 2.05) is 13.0 Å². The van der Waals surface area contributed by atoms with E-state index in [2.05, 4.69) is 53.1 Å². The average Bonchev–Trinajstić information content (AvgIpc) is 2.54. The highest BCUT2D eigenvalue weighted by atomic mass is 79.9. The summed E-state index contributed by atoms with van der Waals surface area (Å²) < 4.78 is 1.81. The van der Waals surface area contributed by atoms with E-state index in [-0.39, 0.29) is 11.9 Å². The van der Waals surface area contributed by atoms with E-state index in [4.69, 9.17) is 0 Å². The Morgan fingerprint density at radius 1 is 1.60 bits per heavy atom. The van der Waals surface area contributed by atoms with E-state index >= 15 is 0 Å². The predicted molar refractivity (Wildman–Crippen MR) is 75.1 cm³/mol. The molecule has 1 heterocycles. The number of carbonyl (C=O) groups excluding carboxylic acids is 1. The molecule has 84 valence electrons. The van der Waals surface area contributed by atoms with Crippen LogP contribution in [0.3, 0.4) is 0 Å². The van der Waals surface area contributed by atoms with Gasteiger partial charge in [0.1, 0.15) is 0 Å². The highest BCUT2D eigenvalue weighted by molar-refractivity contribution is 9.12. The smallest absolute Gasteiger partial charge is 0.253 e. The van der Waals surface area contributed by atoms with Crippen molar-refractivity contribution in [3.63, 3.8) is 0 Å². The van der Waals surface area contributed by atoms with Gasteiger partial charge in [-0.3, -0.25) is 4.79 Å². The first-order valence-corrected chi connectivity index (χ1v) is 7.92. The van der Waals surface area contributed by atoms with Crippen molar-refractivity contribution in [2.24, 2.45) is 0 Å². The highest BCUT2D eigenvalue weighted by Gasteiger charge is 2.16. The Labute approximate surface area is 118 Å². The summed E-state index contributed by atoms with van der Waals surface area (Å²) in [6.07, 6.45) is 0.917. The lowest BCUT2D eigenvalue weighted by atomic mass is 10.2. The zero-order valence-corrected chi connectivity index (χ0v) is 13.6. The number of alkyl halides is 1. The SMILES string of the molecule is CCC(CBr)NC(=O)c1cc(Br)sc1Br. The molecular formula is C9H10Br3NOS. The lowest BCUT2D eigenvalue weighted by molar-refractivity contribution is 0.0940. The van der Waals surface area contributed by atoms with Gasteiger partial charge < -0.3 is 5.32 Å². The minimum Gasteiger partial charge on any atom is -0.348 e. The van der Waals surface area contributed by atoms with Crippen molar-refractivity contribution in [1.29, 1.82) is 0 Å². The largest absolute Gasteiger partial charge is 0.348 e. The van der Waals surface area contributed by atoms with Crippen LogP contribution in [-0.2, 0) is 0 Å². The standard InChI is InChI=1S/C9H10Br3NOS/c1-2-5(4-10)13-9(14)6-3-7(11)15-8(6)12/h3,5H,2,4H2,1H3,(H,13,14). The van der Waals surface area contributed by atoms with Crippen LogP contribution in [0.2, 0.25) is 0 Å². The molecule has 0 saturated carbocycles. The summed E-state index contributed by atoms with van der Waals surface area (Å²) in [6.45, 7) is 2.05. The molecule has 0 spiro atoms.